The highest BCUT2D eigenvalue weighted by Crippen LogP contribution is 2.24. The Bertz CT molecular complexity index is 191. The van der Waals surface area contributed by atoms with Crippen LogP contribution >= 0.6 is 0 Å². The fourth-order valence-electron chi connectivity index (χ4n) is 1.85. The van der Waals surface area contributed by atoms with Crippen LogP contribution in [0, 0.1) is 11.8 Å². The number of carboxylic acids is 1. The standard InChI is InChI=1S/C10H19NO2/c1-6(2)7(3)8-4-5-9(11-8)10(12)13/h6-9,11H,4-5H2,1-3H3,(H,12,13). The molecule has 1 heterocycles. The second-order valence-electron chi connectivity index (χ2n) is 4.34. The van der Waals surface area contributed by atoms with Gasteiger partial charge in [-0.05, 0) is 24.7 Å². The SMILES string of the molecule is CC(C)C(C)C1CCC(C(=O)O)N1. The zero-order chi connectivity index (χ0) is 10.0. The smallest absolute Gasteiger partial charge is 0.320 e. The van der Waals surface area contributed by atoms with Gasteiger partial charge in [0.1, 0.15) is 6.04 Å². The van der Waals surface area contributed by atoms with Crippen LogP contribution in [0.1, 0.15) is 33.6 Å². The molecule has 3 nitrogen and oxygen atoms in total. The van der Waals surface area contributed by atoms with Crippen molar-refractivity contribution in [2.75, 3.05) is 0 Å². The van der Waals surface area contributed by atoms with Crippen molar-refractivity contribution < 1.29 is 9.90 Å². The summed E-state index contributed by atoms with van der Waals surface area (Å²) in [6, 6.07) is 0.0762. The molecule has 1 aliphatic heterocycles. The highest BCUT2D eigenvalue weighted by atomic mass is 16.4. The van der Waals surface area contributed by atoms with E-state index in [1.165, 1.54) is 0 Å². The van der Waals surface area contributed by atoms with Crippen LogP contribution in [-0.2, 0) is 4.79 Å². The van der Waals surface area contributed by atoms with E-state index in [2.05, 4.69) is 26.1 Å². The van der Waals surface area contributed by atoms with Crippen LogP contribution in [0.15, 0.2) is 0 Å². The summed E-state index contributed by atoms with van der Waals surface area (Å²) in [5.74, 6) is 0.466. The van der Waals surface area contributed by atoms with Crippen LogP contribution < -0.4 is 5.32 Å². The Hall–Kier alpha value is -0.570. The number of carbonyl (C=O) groups is 1. The summed E-state index contributed by atoms with van der Waals surface area (Å²) in [6.45, 7) is 6.55. The van der Waals surface area contributed by atoms with Crippen molar-refractivity contribution in [1.82, 2.24) is 5.32 Å². The Balaban J connectivity index is 2.45. The molecule has 0 aromatic rings. The van der Waals surface area contributed by atoms with Crippen LogP contribution in [0.5, 0.6) is 0 Å². The zero-order valence-electron chi connectivity index (χ0n) is 8.58. The predicted molar refractivity (Wildman–Crippen MR) is 51.6 cm³/mol. The van der Waals surface area contributed by atoms with Crippen molar-refractivity contribution >= 4 is 5.97 Å². The first-order valence-corrected chi connectivity index (χ1v) is 5.01. The van der Waals surface area contributed by atoms with E-state index in [9.17, 15) is 4.79 Å². The summed E-state index contributed by atoms with van der Waals surface area (Å²) in [6.07, 6.45) is 1.77. The van der Waals surface area contributed by atoms with E-state index >= 15 is 0 Å². The number of hydrogen-bond acceptors (Lipinski definition) is 2. The number of nitrogens with one attached hydrogen (secondary N) is 1. The van der Waals surface area contributed by atoms with Gasteiger partial charge in [-0.3, -0.25) is 4.79 Å². The lowest BCUT2D eigenvalue weighted by atomic mass is 9.90. The van der Waals surface area contributed by atoms with Crippen LogP contribution in [0.4, 0.5) is 0 Å². The molecule has 0 radical (unpaired) electrons. The van der Waals surface area contributed by atoms with E-state index in [0.29, 0.717) is 17.9 Å². The Labute approximate surface area is 79.5 Å². The van der Waals surface area contributed by atoms with E-state index in [0.717, 1.165) is 12.8 Å². The van der Waals surface area contributed by atoms with Gasteiger partial charge >= 0.3 is 5.97 Å². The summed E-state index contributed by atoms with van der Waals surface area (Å²) in [7, 11) is 0. The van der Waals surface area contributed by atoms with Crippen molar-refractivity contribution in [1.29, 1.82) is 0 Å². The monoisotopic (exact) mass is 185 g/mol. The molecule has 1 aliphatic rings. The molecule has 3 atom stereocenters. The largest absolute Gasteiger partial charge is 0.480 e. The van der Waals surface area contributed by atoms with Gasteiger partial charge in [0, 0.05) is 6.04 Å². The molecule has 76 valence electrons. The average Bonchev–Trinajstić information content (AvgIpc) is 2.50. The average molecular weight is 185 g/mol. The van der Waals surface area contributed by atoms with Gasteiger partial charge in [0.15, 0.2) is 0 Å². The molecule has 0 bridgehead atoms. The fraction of sp³-hybridized carbons (Fsp3) is 0.900. The maximum Gasteiger partial charge on any atom is 0.320 e. The van der Waals surface area contributed by atoms with Gasteiger partial charge < -0.3 is 10.4 Å². The van der Waals surface area contributed by atoms with Gasteiger partial charge in [-0.25, -0.2) is 0 Å². The fourth-order valence-corrected chi connectivity index (χ4v) is 1.85. The molecule has 1 rings (SSSR count). The molecule has 13 heavy (non-hydrogen) atoms. The van der Waals surface area contributed by atoms with E-state index in [-0.39, 0.29) is 6.04 Å². The lowest BCUT2D eigenvalue weighted by molar-refractivity contribution is -0.139. The third-order valence-corrected chi connectivity index (χ3v) is 3.17. The van der Waals surface area contributed by atoms with Crippen LogP contribution in [-0.4, -0.2) is 23.2 Å². The highest BCUT2D eigenvalue weighted by Gasteiger charge is 2.32. The summed E-state index contributed by atoms with van der Waals surface area (Å²) in [5, 5.41) is 12.0. The maximum absolute atomic E-state index is 10.7. The number of hydrogen-bond donors (Lipinski definition) is 2. The first-order chi connectivity index (χ1) is 6.02. The molecule has 0 saturated carbocycles. The second-order valence-corrected chi connectivity index (χ2v) is 4.34. The molecule has 0 spiro atoms. The lowest BCUT2D eigenvalue weighted by Gasteiger charge is -2.23. The van der Waals surface area contributed by atoms with Crippen LogP contribution in [0.2, 0.25) is 0 Å². The minimum Gasteiger partial charge on any atom is -0.480 e. The molecule has 0 aromatic carbocycles. The molecule has 3 heteroatoms. The van der Waals surface area contributed by atoms with Crippen LogP contribution in [0.25, 0.3) is 0 Å². The van der Waals surface area contributed by atoms with Crippen molar-refractivity contribution in [2.45, 2.75) is 45.7 Å². The Morgan fingerprint density at radius 2 is 2.00 bits per heavy atom. The van der Waals surface area contributed by atoms with Crippen molar-refractivity contribution in [3.8, 4) is 0 Å². The second kappa shape index (κ2) is 4.09. The summed E-state index contributed by atoms with van der Waals surface area (Å²) in [4.78, 5) is 10.7. The molecule has 0 aliphatic carbocycles. The Morgan fingerprint density at radius 1 is 1.38 bits per heavy atom. The minimum absolute atomic E-state index is 0.314. The lowest BCUT2D eigenvalue weighted by Crippen LogP contribution is -2.39. The van der Waals surface area contributed by atoms with Crippen molar-refractivity contribution in [3.05, 3.63) is 0 Å². The quantitative estimate of drug-likeness (QED) is 0.700. The number of aliphatic carboxylic acids is 1. The van der Waals surface area contributed by atoms with Gasteiger partial charge in [-0.1, -0.05) is 20.8 Å². The van der Waals surface area contributed by atoms with E-state index in [1.54, 1.807) is 0 Å². The third-order valence-electron chi connectivity index (χ3n) is 3.17. The molecule has 1 fully saturated rings. The third kappa shape index (κ3) is 2.44. The molecule has 0 aromatic heterocycles. The normalized spacial score (nSPS) is 30.8. The van der Waals surface area contributed by atoms with Gasteiger partial charge in [-0.2, -0.15) is 0 Å². The predicted octanol–water partition coefficient (Wildman–Crippen LogP) is 1.48. The molecule has 2 N–H and O–H groups in total. The number of rotatable bonds is 3. The van der Waals surface area contributed by atoms with Crippen molar-refractivity contribution in [2.24, 2.45) is 11.8 Å². The highest BCUT2D eigenvalue weighted by molar-refractivity contribution is 5.73. The van der Waals surface area contributed by atoms with Crippen molar-refractivity contribution in [3.63, 3.8) is 0 Å². The van der Waals surface area contributed by atoms with Gasteiger partial charge in [0.05, 0.1) is 0 Å². The molecule has 3 unspecified atom stereocenters. The van der Waals surface area contributed by atoms with Crippen LogP contribution in [0.3, 0.4) is 0 Å². The molecular weight excluding hydrogens is 166 g/mol. The maximum atomic E-state index is 10.7. The Morgan fingerprint density at radius 3 is 2.38 bits per heavy atom. The van der Waals surface area contributed by atoms with E-state index in [1.807, 2.05) is 0 Å². The minimum atomic E-state index is -0.710. The summed E-state index contributed by atoms with van der Waals surface area (Å²) < 4.78 is 0. The van der Waals surface area contributed by atoms with Gasteiger partial charge in [0.25, 0.3) is 0 Å². The first-order valence-electron chi connectivity index (χ1n) is 5.01. The first kappa shape index (κ1) is 10.5. The van der Waals surface area contributed by atoms with Gasteiger partial charge in [0.2, 0.25) is 0 Å². The molecule has 1 saturated heterocycles. The topological polar surface area (TPSA) is 49.3 Å². The number of carboxylic acid groups (broad SMARTS) is 1. The van der Waals surface area contributed by atoms with E-state index < -0.39 is 5.97 Å². The van der Waals surface area contributed by atoms with Gasteiger partial charge in [-0.15, -0.1) is 0 Å². The summed E-state index contributed by atoms with van der Waals surface area (Å²) in [5.41, 5.74) is 0. The molecule has 0 amide bonds. The van der Waals surface area contributed by atoms with E-state index in [4.69, 9.17) is 5.11 Å². The molecular formula is C10H19NO2. The zero-order valence-corrected chi connectivity index (χ0v) is 8.58. The summed E-state index contributed by atoms with van der Waals surface area (Å²) >= 11 is 0. The Kier molecular flexibility index (Phi) is 3.31.